The normalized spacial score (nSPS) is 19.7. The largest absolute Gasteiger partial charge is 0.340 e. The third-order valence-electron chi connectivity index (χ3n) is 5.07. The molecule has 0 saturated carbocycles. The molecule has 27 heavy (non-hydrogen) atoms. The Hall–Kier alpha value is -2.31. The van der Waals surface area contributed by atoms with E-state index in [9.17, 15) is 4.79 Å². The van der Waals surface area contributed by atoms with E-state index in [1.54, 1.807) is 11.8 Å². The Kier molecular flexibility index (Phi) is 5.18. The van der Waals surface area contributed by atoms with Crippen molar-refractivity contribution >= 4 is 23.3 Å². The molecule has 4 rings (SSSR count). The summed E-state index contributed by atoms with van der Waals surface area (Å²) in [7, 11) is 0. The van der Waals surface area contributed by atoms with Gasteiger partial charge in [0.05, 0.1) is 11.4 Å². The lowest BCUT2D eigenvalue weighted by Crippen LogP contribution is -2.33. The molecule has 1 aromatic carbocycles. The topological polar surface area (TPSA) is 63.6 Å². The molecule has 1 saturated heterocycles. The highest BCUT2D eigenvalue weighted by Crippen LogP contribution is 2.27. The van der Waals surface area contributed by atoms with Crippen LogP contribution >= 0.6 is 11.8 Å². The second kappa shape index (κ2) is 7.74. The van der Waals surface area contributed by atoms with Crippen LogP contribution in [0.3, 0.4) is 0 Å². The Morgan fingerprint density at radius 2 is 2.00 bits per heavy atom. The monoisotopic (exact) mass is 380 g/mol. The van der Waals surface area contributed by atoms with Crippen molar-refractivity contribution in [3.63, 3.8) is 0 Å². The van der Waals surface area contributed by atoms with Gasteiger partial charge in [-0.25, -0.2) is 4.98 Å². The van der Waals surface area contributed by atoms with Crippen molar-refractivity contribution in [3.05, 3.63) is 71.7 Å². The lowest BCUT2D eigenvalue weighted by atomic mass is 9.95. The molecule has 2 aromatic heterocycles. The van der Waals surface area contributed by atoms with Crippen LogP contribution in [0.15, 0.2) is 54.9 Å². The molecule has 1 aliphatic rings. The molecule has 6 heteroatoms. The molecule has 1 fully saturated rings. The molecule has 1 aliphatic heterocycles. The molecule has 0 radical (unpaired) electrons. The van der Waals surface area contributed by atoms with Crippen LogP contribution in [-0.4, -0.2) is 45.1 Å². The van der Waals surface area contributed by atoms with Crippen molar-refractivity contribution < 1.29 is 4.79 Å². The van der Waals surface area contributed by atoms with E-state index in [-0.39, 0.29) is 17.9 Å². The number of nitrogens with zero attached hydrogens (tertiary/aromatic N) is 3. The van der Waals surface area contributed by atoms with Crippen LogP contribution in [0.2, 0.25) is 0 Å². The fourth-order valence-corrected chi connectivity index (χ4v) is 4.45. The van der Waals surface area contributed by atoms with Gasteiger partial charge in [0.1, 0.15) is 5.65 Å². The van der Waals surface area contributed by atoms with Crippen LogP contribution in [0.25, 0.3) is 5.65 Å². The lowest BCUT2D eigenvalue weighted by Gasteiger charge is -2.16. The van der Waals surface area contributed by atoms with E-state index >= 15 is 0 Å². The summed E-state index contributed by atoms with van der Waals surface area (Å²) in [6.07, 6.45) is 4.11. The summed E-state index contributed by atoms with van der Waals surface area (Å²) in [5, 5.41) is 0. The molecule has 2 N–H and O–H groups in total. The first-order chi connectivity index (χ1) is 13.1. The number of carbonyl (C=O) groups excluding carboxylic acids is 1. The first kappa shape index (κ1) is 18.1. The summed E-state index contributed by atoms with van der Waals surface area (Å²) in [4.78, 5) is 19.1. The second-order valence-corrected chi connectivity index (χ2v) is 8.16. The molecule has 140 valence electrons. The summed E-state index contributed by atoms with van der Waals surface area (Å²) in [5.74, 6) is 1.57. The number of carbonyl (C=O) groups is 1. The van der Waals surface area contributed by atoms with Crippen LogP contribution in [0.4, 0.5) is 0 Å². The van der Waals surface area contributed by atoms with Gasteiger partial charge in [-0.05, 0) is 24.1 Å². The van der Waals surface area contributed by atoms with Gasteiger partial charge in [0, 0.05) is 43.2 Å². The maximum Gasteiger partial charge on any atom is 0.232 e. The second-order valence-electron chi connectivity index (χ2n) is 7.18. The number of likely N-dealkylation sites (tertiary alicyclic amines) is 1. The molecule has 2 atom stereocenters. The highest BCUT2D eigenvalue weighted by atomic mass is 32.2. The number of benzene rings is 1. The maximum absolute atomic E-state index is 12.6. The average Bonchev–Trinajstić information content (AvgIpc) is 3.25. The number of rotatable bonds is 5. The zero-order valence-corrected chi connectivity index (χ0v) is 16.2. The van der Waals surface area contributed by atoms with Crippen LogP contribution in [0.1, 0.15) is 22.7 Å². The van der Waals surface area contributed by atoms with Crippen molar-refractivity contribution in [2.24, 2.45) is 5.73 Å². The predicted octanol–water partition coefficient (Wildman–Crippen LogP) is 2.83. The highest BCUT2D eigenvalue weighted by Gasteiger charge is 2.33. The number of hydrogen-bond donors (Lipinski definition) is 1. The van der Waals surface area contributed by atoms with Gasteiger partial charge in [0.2, 0.25) is 5.91 Å². The molecular formula is C21H24N4OS. The number of aryl methyl sites for hydroxylation is 1. The van der Waals surface area contributed by atoms with E-state index in [1.807, 2.05) is 39.8 Å². The summed E-state index contributed by atoms with van der Waals surface area (Å²) >= 11 is 1.61. The van der Waals surface area contributed by atoms with E-state index in [0.29, 0.717) is 18.8 Å². The summed E-state index contributed by atoms with van der Waals surface area (Å²) in [6, 6.07) is 14.3. The van der Waals surface area contributed by atoms with Crippen molar-refractivity contribution in [1.29, 1.82) is 0 Å². The van der Waals surface area contributed by atoms with E-state index in [4.69, 9.17) is 5.73 Å². The van der Waals surface area contributed by atoms with Crippen molar-refractivity contribution in [2.75, 3.05) is 18.8 Å². The smallest absolute Gasteiger partial charge is 0.232 e. The fourth-order valence-electron chi connectivity index (χ4n) is 3.64. The summed E-state index contributed by atoms with van der Waals surface area (Å²) in [6.45, 7) is 3.40. The zero-order chi connectivity index (χ0) is 18.8. The third-order valence-corrected chi connectivity index (χ3v) is 6.02. The van der Waals surface area contributed by atoms with Crippen LogP contribution in [-0.2, 0) is 10.5 Å². The first-order valence-electron chi connectivity index (χ1n) is 9.20. The molecule has 1 amide bonds. The number of hydrogen-bond acceptors (Lipinski definition) is 4. The van der Waals surface area contributed by atoms with Gasteiger partial charge in [-0.3, -0.25) is 4.79 Å². The predicted molar refractivity (Wildman–Crippen MR) is 110 cm³/mol. The number of aromatic nitrogens is 2. The Labute approximate surface area is 163 Å². The molecule has 0 unspecified atom stereocenters. The van der Waals surface area contributed by atoms with E-state index in [2.05, 4.69) is 36.3 Å². The number of pyridine rings is 1. The zero-order valence-electron chi connectivity index (χ0n) is 15.4. The number of thioether (sulfide) groups is 1. The quantitative estimate of drug-likeness (QED) is 0.739. The van der Waals surface area contributed by atoms with Crippen LogP contribution in [0.5, 0.6) is 0 Å². The number of amides is 1. The van der Waals surface area contributed by atoms with E-state index in [1.165, 1.54) is 11.1 Å². The standard InChI is InChI=1S/C21H24N4OS/c1-15-7-8-20-23-17(10-24(20)9-15)13-27-14-21(26)25-11-18(19(22)12-25)16-5-3-2-4-6-16/h2-10,18-19H,11-14,22H2,1H3/t18-,19+/m0/s1. The number of imidazole rings is 1. The van der Waals surface area contributed by atoms with Gasteiger partial charge >= 0.3 is 0 Å². The minimum atomic E-state index is 0.00280. The first-order valence-corrected chi connectivity index (χ1v) is 10.4. The van der Waals surface area contributed by atoms with E-state index in [0.717, 1.165) is 17.1 Å². The average molecular weight is 381 g/mol. The molecule has 3 aromatic rings. The van der Waals surface area contributed by atoms with Gasteiger partial charge in [-0.15, -0.1) is 11.8 Å². The Morgan fingerprint density at radius 3 is 2.81 bits per heavy atom. The molecule has 5 nitrogen and oxygen atoms in total. The van der Waals surface area contributed by atoms with Crippen molar-refractivity contribution in [2.45, 2.75) is 24.6 Å². The number of nitrogens with two attached hydrogens (primary N) is 1. The molecule has 3 heterocycles. The Balaban J connectivity index is 1.31. The minimum Gasteiger partial charge on any atom is -0.340 e. The minimum absolute atomic E-state index is 0.00280. The fraction of sp³-hybridized carbons (Fsp3) is 0.333. The van der Waals surface area contributed by atoms with Gasteiger partial charge in [-0.1, -0.05) is 36.4 Å². The molecule has 0 aliphatic carbocycles. The molecular weight excluding hydrogens is 356 g/mol. The summed E-state index contributed by atoms with van der Waals surface area (Å²) < 4.78 is 2.04. The Morgan fingerprint density at radius 1 is 1.19 bits per heavy atom. The van der Waals surface area contributed by atoms with Crippen molar-refractivity contribution in [1.82, 2.24) is 14.3 Å². The van der Waals surface area contributed by atoms with Crippen LogP contribution in [0, 0.1) is 6.92 Å². The summed E-state index contributed by atoms with van der Waals surface area (Å²) in [5.41, 5.74) is 10.7. The van der Waals surface area contributed by atoms with E-state index < -0.39 is 0 Å². The van der Waals surface area contributed by atoms with Gasteiger partial charge < -0.3 is 15.0 Å². The molecule has 0 spiro atoms. The van der Waals surface area contributed by atoms with Crippen LogP contribution < -0.4 is 5.73 Å². The SMILES string of the molecule is Cc1ccc2nc(CSCC(=O)N3C[C@@H](N)[C@H](c4ccccc4)C3)cn2c1. The maximum atomic E-state index is 12.6. The van der Waals surface area contributed by atoms with Gasteiger partial charge in [0.25, 0.3) is 0 Å². The van der Waals surface area contributed by atoms with Gasteiger partial charge in [-0.2, -0.15) is 0 Å². The molecule has 0 bridgehead atoms. The third kappa shape index (κ3) is 4.01. The number of fused-ring (bicyclic) bond motifs is 1. The van der Waals surface area contributed by atoms with Crippen molar-refractivity contribution in [3.8, 4) is 0 Å². The highest BCUT2D eigenvalue weighted by molar-refractivity contribution is 7.99. The Bertz CT molecular complexity index is 940. The van der Waals surface area contributed by atoms with Gasteiger partial charge in [0.15, 0.2) is 0 Å². The lowest BCUT2D eigenvalue weighted by molar-refractivity contribution is -0.127.